The van der Waals surface area contributed by atoms with Crippen LogP contribution in [0.4, 0.5) is 10.1 Å². The molecule has 2 unspecified atom stereocenters. The van der Waals surface area contributed by atoms with Crippen molar-refractivity contribution < 1.29 is 13.9 Å². The number of carbonyl (C=O) groups excluding carboxylic acids is 1. The van der Waals surface area contributed by atoms with Crippen LogP contribution >= 0.6 is 15.9 Å². The zero-order chi connectivity index (χ0) is 26.6. The highest BCUT2D eigenvalue weighted by Gasteiger charge is 2.40. The molecule has 0 N–H and O–H groups in total. The summed E-state index contributed by atoms with van der Waals surface area (Å²) in [4.78, 5) is 31.3. The number of ether oxygens (including phenoxy) is 1. The fourth-order valence-electron chi connectivity index (χ4n) is 6.17. The number of nitrogens with zero attached hydrogens (tertiary/aromatic N) is 3. The van der Waals surface area contributed by atoms with Crippen LogP contribution in [0.3, 0.4) is 0 Å². The monoisotopic (exact) mass is 579 g/mol. The number of anilines is 1. The van der Waals surface area contributed by atoms with Gasteiger partial charge in [-0.05, 0) is 75.0 Å². The largest absolute Gasteiger partial charge is 0.492 e. The average Bonchev–Trinajstić information content (AvgIpc) is 3.66. The summed E-state index contributed by atoms with van der Waals surface area (Å²) in [5, 5.41) is 0.187. The van der Waals surface area contributed by atoms with Gasteiger partial charge in [0.1, 0.15) is 5.69 Å². The van der Waals surface area contributed by atoms with Crippen LogP contribution in [-0.2, 0) is 0 Å². The molecule has 0 radical (unpaired) electrons. The van der Waals surface area contributed by atoms with E-state index in [-0.39, 0.29) is 17.0 Å². The molecule has 0 bridgehead atoms. The molecule has 1 aliphatic carbocycles. The van der Waals surface area contributed by atoms with E-state index in [4.69, 9.17) is 4.74 Å². The molecule has 2 aromatic carbocycles. The molecule has 8 heteroatoms. The van der Waals surface area contributed by atoms with Crippen molar-refractivity contribution in [1.29, 1.82) is 0 Å². The van der Waals surface area contributed by atoms with Crippen molar-refractivity contribution in [2.75, 3.05) is 38.7 Å². The van der Waals surface area contributed by atoms with Crippen LogP contribution in [0.5, 0.6) is 5.75 Å². The standard InChI is InChI=1S/C30H31BrFN3O3/c1-33-13-3-4-19-15-34(17-25(19)33)28-24(32)14-22-27(30(28)38-2)35(21-10-11-21)16-23(29(22)37)26(36)12-7-18-5-8-20(31)9-6-18/h5-9,12,14,16,19,21,25H,3-4,10-11,13,15,17H2,1-2H3/b12-7+. The molecule has 0 amide bonds. The van der Waals surface area contributed by atoms with Crippen molar-refractivity contribution >= 4 is 44.4 Å². The van der Waals surface area contributed by atoms with E-state index in [0.717, 1.165) is 55.4 Å². The number of likely N-dealkylation sites (N-methyl/N-ethyl adjacent to an activating group) is 1. The lowest BCUT2D eigenvalue weighted by molar-refractivity contribution is 0.104. The van der Waals surface area contributed by atoms with E-state index in [1.807, 2.05) is 28.8 Å². The van der Waals surface area contributed by atoms with Crippen LogP contribution in [0.1, 0.15) is 47.6 Å². The van der Waals surface area contributed by atoms with Gasteiger partial charge >= 0.3 is 0 Å². The minimum Gasteiger partial charge on any atom is -0.492 e. The van der Waals surface area contributed by atoms with Gasteiger partial charge < -0.3 is 19.1 Å². The molecular weight excluding hydrogens is 549 g/mol. The topological polar surface area (TPSA) is 54.8 Å². The van der Waals surface area contributed by atoms with E-state index in [2.05, 4.69) is 32.8 Å². The zero-order valence-corrected chi connectivity index (χ0v) is 23.2. The van der Waals surface area contributed by atoms with E-state index >= 15 is 4.39 Å². The molecule has 6 rings (SSSR count). The first-order valence-corrected chi connectivity index (χ1v) is 14.0. The second-order valence-electron chi connectivity index (χ2n) is 10.8. The normalized spacial score (nSPS) is 21.8. The molecule has 3 heterocycles. The number of allylic oxidation sites excluding steroid dienone is 1. The molecule has 3 aliphatic rings. The Morgan fingerprint density at radius 2 is 1.92 bits per heavy atom. The lowest BCUT2D eigenvalue weighted by Crippen LogP contribution is -2.42. The molecule has 38 heavy (non-hydrogen) atoms. The highest BCUT2D eigenvalue weighted by atomic mass is 79.9. The number of benzene rings is 2. The molecular formula is C30H31BrFN3O3. The summed E-state index contributed by atoms with van der Waals surface area (Å²) in [6.45, 7) is 2.55. The summed E-state index contributed by atoms with van der Waals surface area (Å²) in [6, 6.07) is 9.39. The molecule has 3 aromatic rings. The Morgan fingerprint density at radius 3 is 2.61 bits per heavy atom. The maximum Gasteiger partial charge on any atom is 0.200 e. The number of hydrogen-bond acceptors (Lipinski definition) is 5. The van der Waals surface area contributed by atoms with Crippen molar-refractivity contribution in [3.05, 3.63) is 74.2 Å². The summed E-state index contributed by atoms with van der Waals surface area (Å²) < 4.78 is 24.6. The molecule has 1 saturated carbocycles. The van der Waals surface area contributed by atoms with E-state index in [0.29, 0.717) is 28.9 Å². The summed E-state index contributed by atoms with van der Waals surface area (Å²) in [5.41, 5.74) is 1.42. The van der Waals surface area contributed by atoms with Gasteiger partial charge in [0, 0.05) is 35.8 Å². The van der Waals surface area contributed by atoms with Crippen LogP contribution in [0.2, 0.25) is 0 Å². The number of ketones is 1. The Morgan fingerprint density at radius 1 is 1.16 bits per heavy atom. The Bertz CT molecular complexity index is 1500. The van der Waals surface area contributed by atoms with Gasteiger partial charge in [-0.25, -0.2) is 4.39 Å². The summed E-state index contributed by atoms with van der Waals surface area (Å²) in [7, 11) is 3.68. The molecule has 2 saturated heterocycles. The van der Waals surface area contributed by atoms with Gasteiger partial charge in [0.05, 0.1) is 23.6 Å². The Labute approximate surface area is 229 Å². The maximum absolute atomic E-state index is 15.9. The average molecular weight is 580 g/mol. The predicted octanol–water partition coefficient (Wildman–Crippen LogP) is 5.67. The number of rotatable bonds is 6. The Kier molecular flexibility index (Phi) is 6.64. The van der Waals surface area contributed by atoms with E-state index in [1.165, 1.54) is 19.3 Å². The SMILES string of the molecule is COc1c(N2CC3CCCN(C)C3C2)c(F)cc2c(=O)c(C(=O)/C=C/c3ccc(Br)cc3)cn(C3CC3)c12. The van der Waals surface area contributed by atoms with Gasteiger partial charge in [-0.15, -0.1) is 0 Å². The van der Waals surface area contributed by atoms with Gasteiger partial charge in [0.25, 0.3) is 0 Å². The first-order valence-electron chi connectivity index (χ1n) is 13.2. The Balaban J connectivity index is 1.44. The second kappa shape index (κ2) is 9.97. The summed E-state index contributed by atoms with van der Waals surface area (Å²) >= 11 is 3.40. The van der Waals surface area contributed by atoms with Crippen molar-refractivity contribution in [2.45, 2.75) is 37.8 Å². The maximum atomic E-state index is 15.9. The minimum absolute atomic E-state index is 0.0424. The predicted molar refractivity (Wildman–Crippen MR) is 152 cm³/mol. The number of carbonyl (C=O) groups is 1. The van der Waals surface area contributed by atoms with Gasteiger partial charge in [-0.1, -0.05) is 34.1 Å². The molecule has 2 aliphatic heterocycles. The third-order valence-corrected chi connectivity index (χ3v) is 8.81. The lowest BCUT2D eigenvalue weighted by atomic mass is 9.93. The van der Waals surface area contributed by atoms with Crippen LogP contribution in [-0.4, -0.2) is 55.1 Å². The number of methoxy groups -OCH3 is 1. The fraction of sp³-hybridized carbons (Fsp3) is 0.400. The van der Waals surface area contributed by atoms with E-state index in [9.17, 15) is 9.59 Å². The quantitative estimate of drug-likeness (QED) is 0.278. The smallest absolute Gasteiger partial charge is 0.200 e. The number of piperidine rings is 1. The van der Waals surface area contributed by atoms with Crippen LogP contribution in [0, 0.1) is 11.7 Å². The molecule has 2 atom stereocenters. The molecule has 198 valence electrons. The van der Waals surface area contributed by atoms with Crippen molar-refractivity contribution in [2.24, 2.45) is 5.92 Å². The Hall–Kier alpha value is -2.97. The highest BCUT2D eigenvalue weighted by Crippen LogP contribution is 2.45. The highest BCUT2D eigenvalue weighted by molar-refractivity contribution is 9.10. The second-order valence-corrected chi connectivity index (χ2v) is 11.7. The van der Waals surface area contributed by atoms with Gasteiger partial charge in [-0.2, -0.15) is 0 Å². The fourth-order valence-corrected chi connectivity index (χ4v) is 6.44. The van der Waals surface area contributed by atoms with E-state index < -0.39 is 17.0 Å². The lowest BCUT2D eigenvalue weighted by Gasteiger charge is -2.33. The first kappa shape index (κ1) is 25.3. The number of likely N-dealkylation sites (tertiary alicyclic amines) is 1. The van der Waals surface area contributed by atoms with Crippen LogP contribution in [0.25, 0.3) is 17.0 Å². The van der Waals surface area contributed by atoms with Gasteiger partial charge in [0.15, 0.2) is 17.3 Å². The van der Waals surface area contributed by atoms with E-state index in [1.54, 1.807) is 12.3 Å². The molecule has 0 spiro atoms. The number of aromatic nitrogens is 1. The number of fused-ring (bicyclic) bond motifs is 2. The zero-order valence-electron chi connectivity index (χ0n) is 21.6. The van der Waals surface area contributed by atoms with Gasteiger partial charge in [0.2, 0.25) is 5.43 Å². The number of hydrogen-bond donors (Lipinski definition) is 0. The summed E-state index contributed by atoms with van der Waals surface area (Å²) in [6.07, 6.45) is 8.91. The molecule has 3 fully saturated rings. The first-order chi connectivity index (χ1) is 18.4. The van der Waals surface area contributed by atoms with Crippen LogP contribution < -0.4 is 15.1 Å². The molecule has 6 nitrogen and oxygen atoms in total. The minimum atomic E-state index is -0.481. The van der Waals surface area contributed by atoms with Gasteiger partial charge in [-0.3, -0.25) is 9.59 Å². The third-order valence-electron chi connectivity index (χ3n) is 8.28. The van der Waals surface area contributed by atoms with Crippen molar-refractivity contribution in [3.63, 3.8) is 0 Å². The van der Waals surface area contributed by atoms with Crippen molar-refractivity contribution in [3.8, 4) is 5.75 Å². The molecule has 1 aromatic heterocycles. The summed E-state index contributed by atoms with van der Waals surface area (Å²) in [5.74, 6) is -0.0131. The third kappa shape index (κ3) is 4.47. The van der Waals surface area contributed by atoms with Crippen LogP contribution in [0.15, 0.2) is 51.9 Å². The number of halogens is 2. The number of pyridine rings is 1. The van der Waals surface area contributed by atoms with Crippen molar-refractivity contribution in [1.82, 2.24) is 9.47 Å².